The Morgan fingerprint density at radius 2 is 1.81 bits per heavy atom. The van der Waals surface area contributed by atoms with Crippen molar-refractivity contribution < 1.29 is 29.0 Å². The number of benzene rings is 1. The number of amides is 4. The van der Waals surface area contributed by atoms with Crippen molar-refractivity contribution in [2.24, 2.45) is 0 Å². The minimum absolute atomic E-state index is 0.0978. The van der Waals surface area contributed by atoms with Crippen LogP contribution in [0.25, 0.3) is 6.08 Å². The summed E-state index contributed by atoms with van der Waals surface area (Å²) in [6.45, 7) is -0.459. The van der Waals surface area contributed by atoms with Crippen LogP contribution >= 0.6 is 0 Å². The second-order valence-corrected chi connectivity index (χ2v) is 6.54. The molecule has 0 bridgehead atoms. The van der Waals surface area contributed by atoms with Gasteiger partial charge in [0.15, 0.2) is 6.61 Å². The molecule has 2 N–H and O–H groups in total. The Labute approximate surface area is 155 Å². The minimum atomic E-state index is -1.09. The molecule has 0 spiro atoms. The van der Waals surface area contributed by atoms with Crippen LogP contribution in [-0.2, 0) is 14.4 Å². The largest absolute Gasteiger partial charge is 0.482 e. The maximum absolute atomic E-state index is 12.8. The first-order valence-corrected chi connectivity index (χ1v) is 8.81. The van der Waals surface area contributed by atoms with Crippen molar-refractivity contribution in [2.45, 2.75) is 38.1 Å². The fourth-order valence-electron chi connectivity index (χ4n) is 3.31. The zero-order valence-corrected chi connectivity index (χ0v) is 14.6. The quantitative estimate of drug-likeness (QED) is 0.603. The van der Waals surface area contributed by atoms with Gasteiger partial charge in [-0.15, -0.1) is 0 Å². The number of barbiturate groups is 1. The van der Waals surface area contributed by atoms with Crippen LogP contribution in [0.1, 0.15) is 37.7 Å². The summed E-state index contributed by atoms with van der Waals surface area (Å²) in [5.41, 5.74) is 0.466. The Hall–Kier alpha value is -3.16. The van der Waals surface area contributed by atoms with Gasteiger partial charge in [-0.3, -0.25) is 19.8 Å². The first-order valence-electron chi connectivity index (χ1n) is 8.81. The monoisotopic (exact) mass is 372 g/mol. The van der Waals surface area contributed by atoms with Gasteiger partial charge in [0.25, 0.3) is 11.8 Å². The number of hydrogen-bond acceptors (Lipinski definition) is 5. The summed E-state index contributed by atoms with van der Waals surface area (Å²) in [7, 11) is 0. The Balaban J connectivity index is 1.79. The smallest absolute Gasteiger partial charge is 0.341 e. The Bertz CT molecular complexity index is 793. The summed E-state index contributed by atoms with van der Waals surface area (Å²) in [5.74, 6) is -2.03. The van der Waals surface area contributed by atoms with Gasteiger partial charge in [0.1, 0.15) is 11.3 Å². The lowest BCUT2D eigenvalue weighted by atomic mass is 9.93. The Morgan fingerprint density at radius 3 is 2.44 bits per heavy atom. The lowest BCUT2D eigenvalue weighted by Crippen LogP contribution is -2.58. The standard InChI is InChI=1S/C19H20N2O6/c22-16(23)11-27-14-8-6-12(7-9-14)10-15-17(24)20-19(26)21(18(15)25)13-4-2-1-3-5-13/h6-10,13H,1-5,11H2,(H,22,23)(H,20,24,26)/b15-10-. The number of urea groups is 1. The third-order valence-corrected chi connectivity index (χ3v) is 4.63. The normalized spacial score (nSPS) is 19.9. The average Bonchev–Trinajstić information content (AvgIpc) is 2.65. The van der Waals surface area contributed by atoms with E-state index in [0.29, 0.717) is 11.3 Å². The van der Waals surface area contributed by atoms with E-state index in [2.05, 4.69) is 5.32 Å². The molecule has 4 amide bonds. The number of nitrogens with zero attached hydrogens (tertiary/aromatic N) is 1. The molecule has 8 heteroatoms. The first kappa shape index (κ1) is 18.6. The minimum Gasteiger partial charge on any atom is -0.482 e. The molecule has 142 valence electrons. The molecule has 1 aliphatic carbocycles. The van der Waals surface area contributed by atoms with Gasteiger partial charge in [-0.2, -0.15) is 0 Å². The Kier molecular flexibility index (Phi) is 5.54. The molecule has 27 heavy (non-hydrogen) atoms. The molecule has 0 aromatic heterocycles. The second-order valence-electron chi connectivity index (χ2n) is 6.54. The van der Waals surface area contributed by atoms with Gasteiger partial charge in [0.2, 0.25) is 0 Å². The fraction of sp³-hybridized carbons (Fsp3) is 0.368. The number of carboxylic acids is 1. The van der Waals surface area contributed by atoms with E-state index in [9.17, 15) is 19.2 Å². The number of carbonyl (C=O) groups excluding carboxylic acids is 3. The lowest BCUT2D eigenvalue weighted by molar-refractivity contribution is -0.139. The van der Waals surface area contributed by atoms with Gasteiger partial charge in [-0.1, -0.05) is 31.4 Å². The molecule has 1 aliphatic heterocycles. The number of carbonyl (C=O) groups is 4. The molecule has 0 atom stereocenters. The van der Waals surface area contributed by atoms with Crippen LogP contribution < -0.4 is 10.1 Å². The van der Waals surface area contributed by atoms with Gasteiger partial charge in [-0.05, 0) is 36.6 Å². The van der Waals surface area contributed by atoms with Crippen molar-refractivity contribution in [3.05, 3.63) is 35.4 Å². The predicted octanol–water partition coefficient (Wildman–Crippen LogP) is 1.94. The summed E-state index contributed by atoms with van der Waals surface area (Å²) < 4.78 is 5.05. The maximum Gasteiger partial charge on any atom is 0.341 e. The van der Waals surface area contributed by atoms with E-state index in [1.54, 1.807) is 24.3 Å². The lowest BCUT2D eigenvalue weighted by Gasteiger charge is -2.35. The first-order chi connectivity index (χ1) is 13.0. The average molecular weight is 372 g/mol. The number of nitrogens with one attached hydrogen (secondary N) is 1. The number of ether oxygens (including phenoxy) is 1. The van der Waals surface area contributed by atoms with E-state index in [4.69, 9.17) is 9.84 Å². The highest BCUT2D eigenvalue weighted by Gasteiger charge is 2.40. The molecule has 8 nitrogen and oxygen atoms in total. The highest BCUT2D eigenvalue weighted by molar-refractivity contribution is 6.31. The number of carboxylic acid groups (broad SMARTS) is 1. The molecule has 1 aromatic rings. The number of aliphatic carboxylic acids is 1. The molecule has 0 unspecified atom stereocenters. The van der Waals surface area contributed by atoms with E-state index in [0.717, 1.165) is 37.0 Å². The molecule has 1 aromatic carbocycles. The second kappa shape index (κ2) is 8.03. The van der Waals surface area contributed by atoms with E-state index in [-0.39, 0.29) is 11.6 Å². The van der Waals surface area contributed by atoms with Crippen LogP contribution in [0.3, 0.4) is 0 Å². The molecular weight excluding hydrogens is 352 g/mol. The van der Waals surface area contributed by atoms with Crippen LogP contribution in [0.4, 0.5) is 4.79 Å². The van der Waals surface area contributed by atoms with Crippen molar-refractivity contribution in [1.29, 1.82) is 0 Å². The summed E-state index contributed by atoms with van der Waals surface area (Å²) in [4.78, 5) is 48.8. The van der Waals surface area contributed by atoms with Crippen LogP contribution in [-0.4, -0.2) is 46.5 Å². The SMILES string of the molecule is O=C(O)COc1ccc(/C=C2/C(=O)NC(=O)N(C3CCCCC3)C2=O)cc1. The third-order valence-electron chi connectivity index (χ3n) is 4.63. The van der Waals surface area contributed by atoms with E-state index >= 15 is 0 Å². The number of hydrogen-bond donors (Lipinski definition) is 2. The van der Waals surface area contributed by atoms with E-state index in [1.807, 2.05) is 0 Å². The van der Waals surface area contributed by atoms with E-state index < -0.39 is 30.4 Å². The Morgan fingerprint density at radius 1 is 1.15 bits per heavy atom. The van der Waals surface area contributed by atoms with Crippen molar-refractivity contribution in [3.8, 4) is 5.75 Å². The van der Waals surface area contributed by atoms with Gasteiger partial charge in [0, 0.05) is 6.04 Å². The van der Waals surface area contributed by atoms with Crippen LogP contribution in [0, 0.1) is 0 Å². The number of rotatable bonds is 5. The fourth-order valence-corrected chi connectivity index (χ4v) is 3.31. The van der Waals surface area contributed by atoms with Crippen molar-refractivity contribution in [3.63, 3.8) is 0 Å². The zero-order chi connectivity index (χ0) is 19.4. The van der Waals surface area contributed by atoms with Crippen LogP contribution in [0.2, 0.25) is 0 Å². The molecule has 1 saturated carbocycles. The molecule has 2 aliphatic rings. The summed E-state index contributed by atoms with van der Waals surface area (Å²) in [6, 6.07) is 5.45. The molecular formula is C19H20N2O6. The van der Waals surface area contributed by atoms with E-state index in [1.165, 1.54) is 6.08 Å². The zero-order valence-electron chi connectivity index (χ0n) is 14.6. The summed E-state index contributed by atoms with van der Waals surface area (Å²) >= 11 is 0. The van der Waals surface area contributed by atoms with Crippen molar-refractivity contribution in [2.75, 3.05) is 6.61 Å². The number of imide groups is 2. The summed E-state index contributed by atoms with van der Waals surface area (Å²) in [5, 5.41) is 10.8. The highest BCUT2D eigenvalue weighted by Crippen LogP contribution is 2.26. The van der Waals surface area contributed by atoms with Gasteiger partial charge in [0.05, 0.1) is 0 Å². The third kappa shape index (κ3) is 4.33. The molecule has 0 radical (unpaired) electrons. The van der Waals surface area contributed by atoms with Gasteiger partial charge >= 0.3 is 12.0 Å². The summed E-state index contributed by atoms with van der Waals surface area (Å²) in [6.07, 6.45) is 5.89. The highest BCUT2D eigenvalue weighted by atomic mass is 16.5. The predicted molar refractivity (Wildman–Crippen MR) is 94.8 cm³/mol. The van der Waals surface area contributed by atoms with Gasteiger partial charge < -0.3 is 9.84 Å². The molecule has 2 fully saturated rings. The molecule has 3 rings (SSSR count). The van der Waals surface area contributed by atoms with Crippen LogP contribution in [0.15, 0.2) is 29.8 Å². The van der Waals surface area contributed by atoms with Gasteiger partial charge in [-0.25, -0.2) is 9.59 Å². The molecule has 1 saturated heterocycles. The topological polar surface area (TPSA) is 113 Å². The van der Waals surface area contributed by atoms with Crippen LogP contribution in [0.5, 0.6) is 5.75 Å². The molecule has 1 heterocycles. The van der Waals surface area contributed by atoms with Crippen molar-refractivity contribution >= 4 is 29.9 Å². The maximum atomic E-state index is 12.8. The van der Waals surface area contributed by atoms with Crippen molar-refractivity contribution in [1.82, 2.24) is 10.2 Å².